The van der Waals surface area contributed by atoms with Crippen molar-refractivity contribution in [3.05, 3.63) is 85.0 Å². The number of carbonyl (C=O) groups is 3. The molecule has 4 aromatic rings. The maximum absolute atomic E-state index is 13.9. The Kier molecular flexibility index (Phi) is 6.45. The quantitative estimate of drug-likeness (QED) is 0.289. The van der Waals surface area contributed by atoms with E-state index in [0.717, 1.165) is 24.0 Å². The molecule has 2 amide bonds. The van der Waals surface area contributed by atoms with Crippen molar-refractivity contribution >= 4 is 46.0 Å². The number of amides is 2. The molecule has 3 aromatic heterocycles. The Bertz CT molecular complexity index is 1730. The van der Waals surface area contributed by atoms with Crippen molar-refractivity contribution in [2.24, 2.45) is 12.5 Å². The second kappa shape index (κ2) is 10.1. The standard InChI is InChI=1S/C31H29N7O3/c1-19-14-22(30(41)38(21-6-4-3-5-7-21)13-12-31(10-11-31)15-24(19)39)29(40)36-25-9-8-20(16-33-25)23-17-37(2)28-26(23)27(32)34-18-35-28/h3-9,14,16-18H,1,10-13,15H2,2H3,(H2,32,34,35)(H,33,36,40)/b22-14-. The molecule has 0 atom stereocenters. The third-order valence-electron chi connectivity index (χ3n) is 7.92. The molecule has 0 bridgehead atoms. The number of Topliss-reactive ketones (excluding diaryl/α,β-unsaturated/α-hetero) is 1. The molecule has 10 nitrogen and oxygen atoms in total. The van der Waals surface area contributed by atoms with E-state index in [0.29, 0.717) is 41.9 Å². The van der Waals surface area contributed by atoms with Gasteiger partial charge >= 0.3 is 0 Å². The summed E-state index contributed by atoms with van der Waals surface area (Å²) in [5.41, 5.74) is 8.92. The van der Waals surface area contributed by atoms with Gasteiger partial charge < -0.3 is 20.5 Å². The molecule has 1 saturated carbocycles. The molecule has 206 valence electrons. The summed E-state index contributed by atoms with van der Waals surface area (Å²) in [6.07, 6.45) is 9.15. The number of hydrogen-bond donors (Lipinski definition) is 2. The Morgan fingerprint density at radius 3 is 2.54 bits per heavy atom. The first-order chi connectivity index (χ1) is 19.7. The fourth-order valence-electron chi connectivity index (χ4n) is 5.34. The lowest BCUT2D eigenvalue weighted by atomic mass is 9.90. The zero-order chi connectivity index (χ0) is 28.7. The SMILES string of the molecule is C=C1/C=C(/C(=O)Nc2ccc(-c3cn(C)c4ncnc(N)c34)cn2)C(=O)N(c2ccccc2)CCC2(CC2)CC1=O. The topological polar surface area (TPSA) is 136 Å². The van der Waals surface area contributed by atoms with Crippen LogP contribution in [0.2, 0.25) is 0 Å². The number of aryl methyl sites for hydroxylation is 1. The van der Waals surface area contributed by atoms with E-state index in [9.17, 15) is 14.4 Å². The molecule has 3 N–H and O–H groups in total. The number of benzene rings is 1. The summed E-state index contributed by atoms with van der Waals surface area (Å²) in [7, 11) is 1.87. The molecule has 6 rings (SSSR count). The van der Waals surface area contributed by atoms with E-state index in [4.69, 9.17) is 5.73 Å². The highest BCUT2D eigenvalue weighted by Crippen LogP contribution is 2.52. The number of anilines is 3. The van der Waals surface area contributed by atoms with Crippen molar-refractivity contribution < 1.29 is 14.4 Å². The van der Waals surface area contributed by atoms with Gasteiger partial charge in [0.2, 0.25) is 0 Å². The lowest BCUT2D eigenvalue weighted by Crippen LogP contribution is -2.38. The Labute approximate surface area is 236 Å². The zero-order valence-electron chi connectivity index (χ0n) is 22.6. The van der Waals surface area contributed by atoms with Crippen LogP contribution in [0.25, 0.3) is 22.2 Å². The van der Waals surface area contributed by atoms with Gasteiger partial charge in [-0.15, -0.1) is 0 Å². The van der Waals surface area contributed by atoms with Crippen molar-refractivity contribution in [2.75, 3.05) is 22.5 Å². The summed E-state index contributed by atoms with van der Waals surface area (Å²) < 4.78 is 1.85. The monoisotopic (exact) mass is 547 g/mol. The molecule has 1 spiro atoms. The number of allylic oxidation sites excluding steroid dienone is 2. The molecule has 10 heteroatoms. The van der Waals surface area contributed by atoms with E-state index >= 15 is 0 Å². The highest BCUT2D eigenvalue weighted by molar-refractivity contribution is 6.27. The summed E-state index contributed by atoms with van der Waals surface area (Å²) in [6.45, 7) is 4.30. The van der Waals surface area contributed by atoms with Crippen LogP contribution in [0.1, 0.15) is 25.7 Å². The Hall–Kier alpha value is -5.12. The first-order valence-electron chi connectivity index (χ1n) is 13.4. The molecule has 41 heavy (non-hydrogen) atoms. The normalized spacial score (nSPS) is 18.3. The second-order valence-electron chi connectivity index (χ2n) is 10.7. The first-order valence-corrected chi connectivity index (χ1v) is 13.4. The third kappa shape index (κ3) is 5.00. The predicted molar refractivity (Wildman–Crippen MR) is 157 cm³/mol. The maximum atomic E-state index is 13.9. The van der Waals surface area contributed by atoms with E-state index < -0.39 is 11.8 Å². The van der Waals surface area contributed by atoms with Crippen LogP contribution in [0.15, 0.2) is 85.0 Å². The van der Waals surface area contributed by atoms with E-state index in [1.165, 1.54) is 12.4 Å². The minimum absolute atomic E-state index is 0.104. The Balaban J connectivity index is 1.30. The minimum Gasteiger partial charge on any atom is -0.383 e. The van der Waals surface area contributed by atoms with Crippen LogP contribution >= 0.6 is 0 Å². The van der Waals surface area contributed by atoms with Crippen LogP contribution in [-0.4, -0.2) is 43.7 Å². The fraction of sp³-hybridized carbons (Fsp3) is 0.226. The van der Waals surface area contributed by atoms with Crippen molar-refractivity contribution in [2.45, 2.75) is 25.7 Å². The van der Waals surface area contributed by atoms with Crippen LogP contribution in [0.4, 0.5) is 17.3 Å². The summed E-state index contributed by atoms with van der Waals surface area (Å²) in [5.74, 6) is -0.712. The number of nitrogens with zero attached hydrogens (tertiary/aromatic N) is 5. The lowest BCUT2D eigenvalue weighted by Gasteiger charge is -2.27. The molecule has 2 aliphatic rings. The summed E-state index contributed by atoms with van der Waals surface area (Å²) in [5, 5.41) is 3.43. The molecule has 1 aliphatic carbocycles. The van der Waals surface area contributed by atoms with Gasteiger partial charge in [-0.1, -0.05) is 24.8 Å². The van der Waals surface area contributed by atoms with Gasteiger partial charge in [0.15, 0.2) is 5.78 Å². The van der Waals surface area contributed by atoms with Gasteiger partial charge in [0.1, 0.15) is 29.2 Å². The summed E-state index contributed by atoms with van der Waals surface area (Å²) in [6, 6.07) is 12.7. The van der Waals surface area contributed by atoms with Crippen LogP contribution in [0, 0.1) is 5.41 Å². The minimum atomic E-state index is -0.672. The van der Waals surface area contributed by atoms with Gasteiger partial charge in [0.05, 0.1) is 5.39 Å². The summed E-state index contributed by atoms with van der Waals surface area (Å²) in [4.78, 5) is 54.8. The first kappa shape index (κ1) is 26.1. The predicted octanol–water partition coefficient (Wildman–Crippen LogP) is 4.21. The molecule has 1 fully saturated rings. The van der Waals surface area contributed by atoms with E-state index in [1.807, 2.05) is 48.1 Å². The van der Waals surface area contributed by atoms with Gasteiger partial charge in [-0.3, -0.25) is 14.4 Å². The average Bonchev–Trinajstić information content (AvgIpc) is 3.65. The van der Waals surface area contributed by atoms with Crippen LogP contribution in [0.5, 0.6) is 0 Å². The molecular weight excluding hydrogens is 518 g/mol. The van der Waals surface area contributed by atoms with E-state index in [2.05, 4.69) is 26.8 Å². The number of pyridine rings is 1. The maximum Gasteiger partial charge on any atom is 0.263 e. The van der Waals surface area contributed by atoms with Crippen molar-refractivity contribution in [1.82, 2.24) is 19.5 Å². The largest absolute Gasteiger partial charge is 0.383 e. The molecule has 0 unspecified atom stereocenters. The number of nitrogens with two attached hydrogens (primary N) is 1. The van der Waals surface area contributed by atoms with E-state index in [-0.39, 0.29) is 28.2 Å². The van der Waals surface area contributed by atoms with Crippen LogP contribution in [-0.2, 0) is 21.4 Å². The molecule has 4 heterocycles. The molecule has 1 aliphatic heterocycles. The number of rotatable bonds is 4. The van der Waals surface area contributed by atoms with Crippen molar-refractivity contribution in [1.29, 1.82) is 0 Å². The van der Waals surface area contributed by atoms with Gasteiger partial charge in [0, 0.05) is 54.8 Å². The van der Waals surface area contributed by atoms with Gasteiger partial charge in [-0.2, -0.15) is 0 Å². The van der Waals surface area contributed by atoms with Crippen molar-refractivity contribution in [3.63, 3.8) is 0 Å². The number of nitrogen functional groups attached to an aromatic ring is 1. The molecule has 1 aromatic carbocycles. The van der Waals surface area contributed by atoms with Crippen molar-refractivity contribution in [3.8, 4) is 11.1 Å². The van der Waals surface area contributed by atoms with Gasteiger partial charge in [-0.05, 0) is 55.0 Å². The zero-order valence-corrected chi connectivity index (χ0v) is 22.6. The highest BCUT2D eigenvalue weighted by atomic mass is 16.2. The highest BCUT2D eigenvalue weighted by Gasteiger charge is 2.45. The molecule has 0 radical (unpaired) electrons. The Morgan fingerprint density at radius 1 is 1.05 bits per heavy atom. The molecular formula is C31H29N7O3. The second-order valence-corrected chi connectivity index (χ2v) is 10.7. The number of carbonyl (C=O) groups excluding carboxylic acids is 3. The summed E-state index contributed by atoms with van der Waals surface area (Å²) >= 11 is 0. The Morgan fingerprint density at radius 2 is 1.83 bits per heavy atom. The van der Waals surface area contributed by atoms with Gasteiger partial charge in [-0.25, -0.2) is 15.0 Å². The van der Waals surface area contributed by atoms with Crippen LogP contribution < -0.4 is 16.0 Å². The number of para-hydroxylation sites is 1. The number of fused-ring (bicyclic) bond motifs is 1. The number of ketones is 1. The van der Waals surface area contributed by atoms with Gasteiger partial charge in [0.25, 0.3) is 11.8 Å². The van der Waals surface area contributed by atoms with Crippen LogP contribution in [0.3, 0.4) is 0 Å². The fourth-order valence-corrected chi connectivity index (χ4v) is 5.34. The molecule has 0 saturated heterocycles. The number of nitrogens with one attached hydrogen (secondary N) is 1. The average molecular weight is 548 g/mol. The van der Waals surface area contributed by atoms with E-state index in [1.54, 1.807) is 23.2 Å². The number of hydrogen-bond acceptors (Lipinski definition) is 7. The number of aromatic nitrogens is 4. The smallest absolute Gasteiger partial charge is 0.263 e. The lowest BCUT2D eigenvalue weighted by molar-refractivity contribution is -0.119. The third-order valence-corrected chi connectivity index (χ3v) is 7.92.